The highest BCUT2D eigenvalue weighted by atomic mass is 32.2. The molecule has 0 bridgehead atoms. The number of para-hydroxylation sites is 1. The molecule has 3 atom stereocenters. The maximum absolute atomic E-state index is 13.1. The van der Waals surface area contributed by atoms with Crippen molar-refractivity contribution >= 4 is 28.6 Å². The van der Waals surface area contributed by atoms with Crippen molar-refractivity contribution in [1.82, 2.24) is 24.6 Å². The molecule has 2 aliphatic rings. The average Bonchev–Trinajstić information content (AvgIpc) is 3.53. The maximum Gasteiger partial charge on any atom is 0.233 e. The number of likely N-dealkylation sites (tertiary alicyclic amines) is 1. The van der Waals surface area contributed by atoms with Crippen molar-refractivity contribution in [2.45, 2.75) is 75.8 Å². The van der Waals surface area contributed by atoms with Crippen molar-refractivity contribution in [3.63, 3.8) is 0 Å². The quantitative estimate of drug-likeness (QED) is 0.557. The molecule has 0 spiro atoms. The number of ether oxygens (including phenoxy) is 1. The Hall–Kier alpha value is -2.32. The van der Waals surface area contributed by atoms with Gasteiger partial charge in [0.2, 0.25) is 5.91 Å². The van der Waals surface area contributed by atoms with Crippen LogP contribution in [0.2, 0.25) is 0 Å². The number of hydrogen-bond acceptors (Lipinski definition) is 5. The minimum Gasteiger partial charge on any atom is -0.376 e. The zero-order chi connectivity index (χ0) is 22.1. The van der Waals surface area contributed by atoms with Crippen LogP contribution < -0.4 is 0 Å². The third kappa shape index (κ3) is 4.18. The summed E-state index contributed by atoms with van der Waals surface area (Å²) >= 11 is 1.49. The normalized spacial score (nSPS) is 23.8. The number of rotatable bonds is 6. The lowest BCUT2D eigenvalue weighted by Gasteiger charge is -2.39. The number of piperidine rings is 1. The van der Waals surface area contributed by atoms with E-state index in [0.29, 0.717) is 24.4 Å². The number of amides is 1. The fraction of sp³-hybridized carbons (Fsp3) is 0.542. The van der Waals surface area contributed by atoms with Crippen molar-refractivity contribution in [3.8, 4) is 11.4 Å². The number of hydrogen-bond donors (Lipinski definition) is 1. The molecule has 5 rings (SSSR count). The Morgan fingerprint density at radius 2 is 1.97 bits per heavy atom. The van der Waals surface area contributed by atoms with Crippen LogP contribution in [0.3, 0.4) is 0 Å². The van der Waals surface area contributed by atoms with E-state index in [4.69, 9.17) is 4.74 Å². The first-order chi connectivity index (χ1) is 15.6. The van der Waals surface area contributed by atoms with E-state index in [9.17, 15) is 4.79 Å². The average molecular weight is 454 g/mol. The topological polar surface area (TPSA) is 76.0 Å². The minimum atomic E-state index is 0.159. The van der Waals surface area contributed by atoms with Gasteiger partial charge in [0, 0.05) is 41.4 Å². The molecular formula is C24H31N5O2S. The molecule has 2 aromatic heterocycles. The summed E-state index contributed by atoms with van der Waals surface area (Å²) in [5.41, 5.74) is 2.11. The molecule has 170 valence electrons. The molecule has 32 heavy (non-hydrogen) atoms. The van der Waals surface area contributed by atoms with E-state index in [1.165, 1.54) is 18.2 Å². The third-order valence-electron chi connectivity index (χ3n) is 6.76. The molecule has 4 heterocycles. The van der Waals surface area contributed by atoms with Crippen LogP contribution in [-0.4, -0.2) is 61.1 Å². The molecule has 2 fully saturated rings. The molecular weight excluding hydrogens is 422 g/mol. The van der Waals surface area contributed by atoms with Gasteiger partial charge in [-0.1, -0.05) is 30.0 Å². The second kappa shape index (κ2) is 9.27. The van der Waals surface area contributed by atoms with Crippen molar-refractivity contribution < 1.29 is 9.53 Å². The molecule has 1 amide bonds. The largest absolute Gasteiger partial charge is 0.376 e. The summed E-state index contributed by atoms with van der Waals surface area (Å²) in [6, 6.07) is 8.83. The SMILES string of the molecule is C[C@@H]1CCC[C@H](C)N1C(=O)CSc1nnc(-c2c[nH]c3ccccc23)n1C[C@H]1CCCO1. The van der Waals surface area contributed by atoms with Crippen LogP contribution in [0.5, 0.6) is 0 Å². The lowest BCUT2D eigenvalue weighted by Crippen LogP contribution is -2.48. The number of H-pyrrole nitrogens is 1. The zero-order valence-corrected chi connectivity index (χ0v) is 19.6. The second-order valence-corrected chi connectivity index (χ2v) is 9.96. The van der Waals surface area contributed by atoms with Gasteiger partial charge in [0.15, 0.2) is 11.0 Å². The predicted molar refractivity (Wildman–Crippen MR) is 127 cm³/mol. The fourth-order valence-electron chi connectivity index (χ4n) is 5.12. The number of fused-ring (bicyclic) bond motifs is 1. The Morgan fingerprint density at radius 3 is 2.75 bits per heavy atom. The van der Waals surface area contributed by atoms with Gasteiger partial charge in [-0.2, -0.15) is 0 Å². The first kappa shape index (κ1) is 21.5. The van der Waals surface area contributed by atoms with Crippen molar-refractivity contribution in [3.05, 3.63) is 30.5 Å². The molecule has 8 heteroatoms. The summed E-state index contributed by atoms with van der Waals surface area (Å²) in [5, 5.41) is 11.0. The predicted octanol–water partition coefficient (Wildman–Crippen LogP) is 4.49. The molecule has 2 aliphatic heterocycles. The van der Waals surface area contributed by atoms with Gasteiger partial charge >= 0.3 is 0 Å². The van der Waals surface area contributed by atoms with Gasteiger partial charge in [0.1, 0.15) is 0 Å². The van der Waals surface area contributed by atoms with Crippen LogP contribution in [-0.2, 0) is 16.1 Å². The first-order valence-corrected chi connectivity index (χ1v) is 12.7. The number of nitrogens with one attached hydrogen (secondary N) is 1. The summed E-state index contributed by atoms with van der Waals surface area (Å²) < 4.78 is 8.07. The number of carbonyl (C=O) groups is 1. The summed E-state index contributed by atoms with van der Waals surface area (Å²) in [5.74, 6) is 1.40. The van der Waals surface area contributed by atoms with Gasteiger partial charge in [-0.15, -0.1) is 10.2 Å². The molecule has 2 saturated heterocycles. The van der Waals surface area contributed by atoms with E-state index >= 15 is 0 Å². The van der Waals surface area contributed by atoms with Crippen molar-refractivity contribution in [2.24, 2.45) is 0 Å². The Bertz CT molecular complexity index is 1080. The van der Waals surface area contributed by atoms with Crippen LogP contribution in [0.15, 0.2) is 35.6 Å². The van der Waals surface area contributed by atoms with Gasteiger partial charge in [0.25, 0.3) is 0 Å². The maximum atomic E-state index is 13.1. The highest BCUT2D eigenvalue weighted by molar-refractivity contribution is 7.99. The molecule has 3 aromatic rings. The summed E-state index contributed by atoms with van der Waals surface area (Å²) in [6.45, 7) is 5.83. The van der Waals surface area contributed by atoms with E-state index in [2.05, 4.69) is 50.6 Å². The van der Waals surface area contributed by atoms with Gasteiger partial charge in [0.05, 0.1) is 18.4 Å². The lowest BCUT2D eigenvalue weighted by molar-refractivity contribution is -0.134. The number of thioether (sulfide) groups is 1. The fourth-order valence-corrected chi connectivity index (χ4v) is 5.94. The summed E-state index contributed by atoms with van der Waals surface area (Å²) in [7, 11) is 0. The smallest absolute Gasteiger partial charge is 0.233 e. The first-order valence-electron chi connectivity index (χ1n) is 11.7. The van der Waals surface area contributed by atoms with E-state index in [1.807, 2.05) is 18.3 Å². The van der Waals surface area contributed by atoms with Gasteiger partial charge in [-0.05, 0) is 52.0 Å². The number of nitrogens with zero attached hydrogens (tertiary/aromatic N) is 4. The number of benzene rings is 1. The van der Waals surface area contributed by atoms with Crippen molar-refractivity contribution in [1.29, 1.82) is 0 Å². The highest BCUT2D eigenvalue weighted by Crippen LogP contribution is 2.32. The molecule has 1 aromatic carbocycles. The van der Waals surface area contributed by atoms with Crippen LogP contribution >= 0.6 is 11.8 Å². The van der Waals surface area contributed by atoms with E-state index in [0.717, 1.165) is 59.7 Å². The standard InChI is InChI=1S/C24H31N5O2S/c1-16-7-5-8-17(2)29(16)22(30)15-32-24-27-26-23(28(24)14-18-9-6-12-31-18)20-13-25-21-11-4-3-10-19(20)21/h3-4,10-11,13,16-18,25H,5-9,12,14-15H2,1-2H3/t16-,17+,18-/m1/s1. The van der Waals surface area contributed by atoms with E-state index < -0.39 is 0 Å². The Labute approximate surface area is 192 Å². The lowest BCUT2D eigenvalue weighted by atomic mass is 9.98. The summed E-state index contributed by atoms with van der Waals surface area (Å²) in [4.78, 5) is 18.5. The molecule has 0 unspecified atom stereocenters. The van der Waals surface area contributed by atoms with Gasteiger partial charge in [-0.3, -0.25) is 9.36 Å². The van der Waals surface area contributed by atoms with Crippen molar-refractivity contribution in [2.75, 3.05) is 12.4 Å². The second-order valence-electron chi connectivity index (χ2n) is 9.02. The Morgan fingerprint density at radius 1 is 1.16 bits per heavy atom. The third-order valence-corrected chi connectivity index (χ3v) is 7.71. The number of aromatic amines is 1. The Kier molecular flexibility index (Phi) is 6.24. The molecule has 7 nitrogen and oxygen atoms in total. The van der Waals surface area contributed by atoms with Crippen LogP contribution in [0.25, 0.3) is 22.3 Å². The molecule has 1 N–H and O–H groups in total. The number of carbonyl (C=O) groups excluding carboxylic acids is 1. The Balaban J connectivity index is 1.41. The van der Waals surface area contributed by atoms with Crippen LogP contribution in [0.1, 0.15) is 46.0 Å². The number of aromatic nitrogens is 4. The molecule has 0 aliphatic carbocycles. The zero-order valence-electron chi connectivity index (χ0n) is 18.8. The monoisotopic (exact) mass is 453 g/mol. The summed E-state index contributed by atoms with van der Waals surface area (Å²) in [6.07, 6.45) is 7.65. The van der Waals surface area contributed by atoms with Gasteiger partial charge < -0.3 is 14.6 Å². The molecule has 0 radical (unpaired) electrons. The van der Waals surface area contributed by atoms with Crippen LogP contribution in [0.4, 0.5) is 0 Å². The van der Waals surface area contributed by atoms with Gasteiger partial charge in [-0.25, -0.2) is 0 Å². The van der Waals surface area contributed by atoms with Crippen LogP contribution in [0, 0.1) is 0 Å². The minimum absolute atomic E-state index is 0.159. The van der Waals surface area contributed by atoms with E-state index in [-0.39, 0.29) is 12.0 Å². The molecule has 0 saturated carbocycles. The van der Waals surface area contributed by atoms with E-state index in [1.54, 1.807) is 0 Å². The highest BCUT2D eigenvalue weighted by Gasteiger charge is 2.30.